The number of aliphatic hydroxyl groups is 1. The molecule has 1 saturated heterocycles. The second-order valence-electron chi connectivity index (χ2n) is 3.88. The Bertz CT molecular complexity index is 532. The molecule has 0 bridgehead atoms. The molecule has 1 N–H and O–H groups in total. The van der Waals surface area contributed by atoms with Gasteiger partial charge in [-0.15, -0.1) is 0 Å². The first-order valence-electron chi connectivity index (χ1n) is 5.04. The van der Waals surface area contributed by atoms with E-state index in [1.54, 1.807) is 0 Å². The number of benzene rings is 1. The van der Waals surface area contributed by atoms with Crippen molar-refractivity contribution in [3.05, 3.63) is 29.8 Å². The molecule has 0 aromatic heterocycles. The highest BCUT2D eigenvalue weighted by Crippen LogP contribution is 2.23. The van der Waals surface area contributed by atoms with Crippen LogP contribution in [-0.2, 0) is 10.0 Å². The highest BCUT2D eigenvalue weighted by atomic mass is 32.2. The van der Waals surface area contributed by atoms with E-state index in [9.17, 15) is 22.3 Å². The number of aliphatic hydroxyl groups excluding tert-OH is 1. The third kappa shape index (κ3) is 2.31. The SMILES string of the molecule is O=S(=O)(c1cc(F)ccc1F)N1CC[C@H](O)C1. The summed E-state index contributed by atoms with van der Waals surface area (Å²) in [4.78, 5) is -0.688. The van der Waals surface area contributed by atoms with E-state index in [4.69, 9.17) is 0 Å². The lowest BCUT2D eigenvalue weighted by atomic mass is 10.3. The molecular weight excluding hydrogens is 252 g/mol. The summed E-state index contributed by atoms with van der Waals surface area (Å²) in [6, 6.07) is 2.28. The maximum absolute atomic E-state index is 13.4. The zero-order valence-corrected chi connectivity index (χ0v) is 9.62. The molecule has 4 nitrogen and oxygen atoms in total. The molecule has 1 aliphatic heterocycles. The molecule has 0 amide bonds. The van der Waals surface area contributed by atoms with Crippen molar-refractivity contribution < 1.29 is 22.3 Å². The maximum atomic E-state index is 13.4. The number of β-amino-alcohol motifs (C(OH)–C–C–N with tert-alkyl or cyclic N) is 1. The molecule has 1 heterocycles. The van der Waals surface area contributed by atoms with Crippen LogP contribution in [0.2, 0.25) is 0 Å². The average Bonchev–Trinajstić information content (AvgIpc) is 2.69. The first-order valence-corrected chi connectivity index (χ1v) is 6.48. The summed E-state index contributed by atoms with van der Waals surface area (Å²) in [6.45, 7) is 0.0255. The van der Waals surface area contributed by atoms with E-state index in [0.717, 1.165) is 16.4 Å². The van der Waals surface area contributed by atoms with Gasteiger partial charge in [0.2, 0.25) is 10.0 Å². The van der Waals surface area contributed by atoms with Crippen molar-refractivity contribution in [1.29, 1.82) is 0 Å². The Balaban J connectivity index is 2.41. The lowest BCUT2D eigenvalue weighted by Crippen LogP contribution is -2.30. The first kappa shape index (κ1) is 12.4. The lowest BCUT2D eigenvalue weighted by molar-refractivity contribution is 0.189. The van der Waals surface area contributed by atoms with E-state index in [-0.39, 0.29) is 13.1 Å². The Morgan fingerprint density at radius 3 is 2.65 bits per heavy atom. The van der Waals surface area contributed by atoms with Crippen molar-refractivity contribution in [2.45, 2.75) is 17.4 Å². The fourth-order valence-corrected chi connectivity index (χ4v) is 3.31. The fourth-order valence-electron chi connectivity index (χ4n) is 1.74. The third-order valence-electron chi connectivity index (χ3n) is 2.64. The minimum absolute atomic E-state index is 0.0850. The Kier molecular flexibility index (Phi) is 3.15. The molecule has 1 aromatic carbocycles. The summed E-state index contributed by atoms with van der Waals surface area (Å²) in [6.07, 6.45) is -0.447. The third-order valence-corrected chi connectivity index (χ3v) is 4.52. The van der Waals surface area contributed by atoms with Gasteiger partial charge in [-0.2, -0.15) is 4.31 Å². The van der Waals surface area contributed by atoms with E-state index >= 15 is 0 Å². The van der Waals surface area contributed by atoms with Crippen molar-refractivity contribution in [2.24, 2.45) is 0 Å². The van der Waals surface area contributed by atoms with Gasteiger partial charge in [0.15, 0.2) is 0 Å². The molecule has 0 aliphatic carbocycles. The van der Waals surface area contributed by atoms with Crippen LogP contribution < -0.4 is 0 Å². The van der Waals surface area contributed by atoms with Gasteiger partial charge in [0.05, 0.1) is 6.10 Å². The Labute approximate surface area is 97.5 Å². The van der Waals surface area contributed by atoms with Crippen LogP contribution in [-0.4, -0.2) is 37.0 Å². The fraction of sp³-hybridized carbons (Fsp3) is 0.400. The Hall–Kier alpha value is -1.05. The van der Waals surface area contributed by atoms with Gasteiger partial charge in [-0.1, -0.05) is 0 Å². The average molecular weight is 263 g/mol. The summed E-state index contributed by atoms with van der Waals surface area (Å²) in [5.74, 6) is -1.81. The molecule has 0 unspecified atom stereocenters. The van der Waals surface area contributed by atoms with Crippen LogP contribution in [0.5, 0.6) is 0 Å². The van der Waals surface area contributed by atoms with Gasteiger partial charge in [0, 0.05) is 13.1 Å². The predicted octanol–water partition coefficient (Wildman–Crippen LogP) is 0.720. The van der Waals surface area contributed by atoms with E-state index in [2.05, 4.69) is 0 Å². The summed E-state index contributed by atoms with van der Waals surface area (Å²) < 4.78 is 51.2. The van der Waals surface area contributed by atoms with E-state index in [1.807, 2.05) is 0 Å². The van der Waals surface area contributed by atoms with Crippen LogP contribution in [0.3, 0.4) is 0 Å². The molecule has 0 radical (unpaired) electrons. The summed E-state index contributed by atoms with van der Waals surface area (Å²) in [7, 11) is -4.07. The van der Waals surface area contributed by atoms with Crippen LogP contribution in [0.15, 0.2) is 23.1 Å². The van der Waals surface area contributed by atoms with E-state index < -0.39 is 32.7 Å². The second-order valence-corrected chi connectivity index (χ2v) is 5.79. The van der Waals surface area contributed by atoms with Gasteiger partial charge in [0.1, 0.15) is 16.5 Å². The quantitative estimate of drug-likeness (QED) is 0.855. The monoisotopic (exact) mass is 263 g/mol. The van der Waals surface area contributed by atoms with Crippen LogP contribution in [0, 0.1) is 11.6 Å². The molecule has 94 valence electrons. The molecule has 7 heteroatoms. The molecule has 0 saturated carbocycles. The summed E-state index contributed by atoms with van der Waals surface area (Å²) in [5, 5.41) is 9.26. The Morgan fingerprint density at radius 1 is 1.35 bits per heavy atom. The van der Waals surface area contributed by atoms with E-state index in [0.29, 0.717) is 12.5 Å². The number of hydrogen-bond donors (Lipinski definition) is 1. The van der Waals surface area contributed by atoms with Gasteiger partial charge in [0.25, 0.3) is 0 Å². The maximum Gasteiger partial charge on any atom is 0.246 e. The van der Waals surface area contributed by atoms with Crippen molar-refractivity contribution >= 4 is 10.0 Å². The van der Waals surface area contributed by atoms with Gasteiger partial charge in [-0.25, -0.2) is 17.2 Å². The molecule has 17 heavy (non-hydrogen) atoms. The van der Waals surface area contributed by atoms with Gasteiger partial charge in [-0.3, -0.25) is 0 Å². The molecule has 2 rings (SSSR count). The number of sulfonamides is 1. The smallest absolute Gasteiger partial charge is 0.246 e. The molecule has 1 fully saturated rings. The lowest BCUT2D eigenvalue weighted by Gasteiger charge is -2.16. The highest BCUT2D eigenvalue weighted by Gasteiger charge is 2.33. The summed E-state index contributed by atoms with van der Waals surface area (Å²) >= 11 is 0. The predicted molar refractivity (Wildman–Crippen MR) is 55.7 cm³/mol. The normalized spacial score (nSPS) is 21.9. The van der Waals surface area contributed by atoms with Gasteiger partial charge in [-0.05, 0) is 24.6 Å². The van der Waals surface area contributed by atoms with Crippen LogP contribution in [0.4, 0.5) is 8.78 Å². The van der Waals surface area contributed by atoms with Gasteiger partial charge >= 0.3 is 0 Å². The standard InChI is InChI=1S/C10H11F2NO3S/c11-7-1-2-9(12)10(5-7)17(15,16)13-4-3-8(14)6-13/h1-2,5,8,14H,3-4,6H2/t8-/m0/s1. The molecule has 0 spiro atoms. The molecule has 1 aliphatic rings. The van der Waals surface area contributed by atoms with Crippen molar-refractivity contribution in [3.8, 4) is 0 Å². The van der Waals surface area contributed by atoms with Gasteiger partial charge < -0.3 is 5.11 Å². The number of halogens is 2. The summed E-state index contributed by atoms with van der Waals surface area (Å²) in [5.41, 5.74) is 0. The molecule has 1 aromatic rings. The number of rotatable bonds is 2. The van der Waals surface area contributed by atoms with E-state index in [1.165, 1.54) is 0 Å². The topological polar surface area (TPSA) is 57.6 Å². The van der Waals surface area contributed by atoms with Crippen LogP contribution in [0.1, 0.15) is 6.42 Å². The Morgan fingerprint density at radius 2 is 2.06 bits per heavy atom. The van der Waals surface area contributed by atoms with Crippen molar-refractivity contribution in [1.82, 2.24) is 4.31 Å². The molecular formula is C10H11F2NO3S. The zero-order chi connectivity index (χ0) is 12.6. The zero-order valence-electron chi connectivity index (χ0n) is 8.81. The van der Waals surface area contributed by atoms with Crippen molar-refractivity contribution in [2.75, 3.05) is 13.1 Å². The second kappa shape index (κ2) is 4.32. The minimum Gasteiger partial charge on any atom is -0.392 e. The largest absolute Gasteiger partial charge is 0.392 e. The van der Waals surface area contributed by atoms with Crippen LogP contribution >= 0.6 is 0 Å². The minimum atomic E-state index is -4.07. The molecule has 1 atom stereocenters. The highest BCUT2D eigenvalue weighted by molar-refractivity contribution is 7.89. The number of hydrogen-bond acceptors (Lipinski definition) is 3. The number of nitrogens with zero attached hydrogens (tertiary/aromatic N) is 1. The van der Waals surface area contributed by atoms with Crippen LogP contribution in [0.25, 0.3) is 0 Å². The van der Waals surface area contributed by atoms with Crippen molar-refractivity contribution in [3.63, 3.8) is 0 Å². The first-order chi connectivity index (χ1) is 7.91.